The zero-order valence-electron chi connectivity index (χ0n) is 12.0. The van der Waals surface area contributed by atoms with Crippen LogP contribution in [0.5, 0.6) is 0 Å². The molecular weight excluding hydrogens is 371 g/mol. The highest BCUT2D eigenvalue weighted by Crippen LogP contribution is 2.35. The Hall–Kier alpha value is -2.01. The van der Waals surface area contributed by atoms with Gasteiger partial charge in [-0.1, -0.05) is 23.2 Å². The van der Waals surface area contributed by atoms with Crippen LogP contribution in [-0.2, 0) is 5.54 Å². The second-order valence-electron chi connectivity index (χ2n) is 5.06. The topological polar surface area (TPSA) is 59.4 Å². The molecule has 1 aliphatic rings. The molecule has 0 amide bonds. The normalized spacial score (nSPS) is 18.8. The fraction of sp³-hybridized carbons (Fsp3) is 0.0588. The SMILES string of the molecule is O=C(Cl)c1ccc(C2(C(=O)c3ccc(Cl)cc3Cl)C=CC=N2)nc1. The molecule has 4 nitrogen and oxygen atoms in total. The Morgan fingerprint density at radius 1 is 1.08 bits per heavy atom. The maximum atomic E-state index is 13.1. The van der Waals surface area contributed by atoms with Crippen molar-refractivity contribution in [3.8, 4) is 0 Å². The Labute approximate surface area is 152 Å². The van der Waals surface area contributed by atoms with E-state index in [4.69, 9.17) is 34.8 Å². The summed E-state index contributed by atoms with van der Waals surface area (Å²) in [5.41, 5.74) is -0.446. The Morgan fingerprint density at radius 3 is 2.42 bits per heavy atom. The molecule has 1 aromatic carbocycles. The number of allylic oxidation sites excluding steroid dienone is 1. The lowest BCUT2D eigenvalue weighted by Crippen LogP contribution is -2.32. The minimum Gasteiger partial charge on any atom is -0.291 e. The van der Waals surface area contributed by atoms with E-state index < -0.39 is 10.8 Å². The summed E-state index contributed by atoms with van der Waals surface area (Å²) >= 11 is 17.5. The number of hydrogen-bond donors (Lipinski definition) is 0. The van der Waals surface area contributed by atoms with Gasteiger partial charge in [-0.05, 0) is 54.1 Å². The lowest BCUT2D eigenvalue weighted by atomic mass is 9.86. The third kappa shape index (κ3) is 2.88. The van der Waals surface area contributed by atoms with Crippen LogP contribution >= 0.6 is 34.8 Å². The number of Topliss-reactive ketones (excluding diaryl/α,β-unsaturated/α-hetero) is 1. The van der Waals surface area contributed by atoms with Crippen molar-refractivity contribution in [2.24, 2.45) is 4.99 Å². The predicted molar refractivity (Wildman–Crippen MR) is 94.5 cm³/mol. The van der Waals surface area contributed by atoms with Crippen LogP contribution in [0.1, 0.15) is 26.4 Å². The molecule has 0 aliphatic carbocycles. The first kappa shape index (κ1) is 16.8. The highest BCUT2D eigenvalue weighted by Gasteiger charge is 2.41. The molecule has 2 heterocycles. The summed E-state index contributed by atoms with van der Waals surface area (Å²) in [6.45, 7) is 0. The zero-order valence-corrected chi connectivity index (χ0v) is 14.3. The van der Waals surface area contributed by atoms with Gasteiger partial charge < -0.3 is 0 Å². The van der Waals surface area contributed by atoms with Gasteiger partial charge in [0.2, 0.25) is 5.78 Å². The standard InChI is InChI=1S/C17H9Cl3N2O2/c18-11-3-4-12(13(19)8-11)15(23)17(6-1-7-22-17)14-5-2-10(9-21-14)16(20)24/h1-9H. The number of rotatable bonds is 4. The maximum absolute atomic E-state index is 13.1. The average Bonchev–Trinajstić information content (AvgIpc) is 3.05. The fourth-order valence-electron chi connectivity index (χ4n) is 2.40. The van der Waals surface area contributed by atoms with E-state index in [2.05, 4.69) is 9.98 Å². The molecule has 1 aliphatic heterocycles. The van der Waals surface area contributed by atoms with Gasteiger partial charge in [0.1, 0.15) is 0 Å². The molecule has 0 saturated heterocycles. The van der Waals surface area contributed by atoms with Crippen molar-refractivity contribution in [3.63, 3.8) is 0 Å². The minimum absolute atomic E-state index is 0.231. The predicted octanol–water partition coefficient (Wildman–Crippen LogP) is 4.49. The van der Waals surface area contributed by atoms with Crippen molar-refractivity contribution in [1.82, 2.24) is 4.98 Å². The largest absolute Gasteiger partial charge is 0.291 e. The van der Waals surface area contributed by atoms with Gasteiger partial charge in [0, 0.05) is 23.0 Å². The molecule has 0 radical (unpaired) electrons. The quantitative estimate of drug-likeness (QED) is 0.581. The van der Waals surface area contributed by atoms with E-state index >= 15 is 0 Å². The monoisotopic (exact) mass is 378 g/mol. The van der Waals surface area contributed by atoms with Crippen LogP contribution in [0.4, 0.5) is 0 Å². The van der Waals surface area contributed by atoms with Crippen LogP contribution in [0.2, 0.25) is 10.0 Å². The van der Waals surface area contributed by atoms with Gasteiger partial charge >= 0.3 is 0 Å². The summed E-state index contributed by atoms with van der Waals surface area (Å²) in [6, 6.07) is 7.67. The number of aliphatic imine (C=N–C) groups is 1. The maximum Gasteiger partial charge on any atom is 0.253 e. The fourth-order valence-corrected chi connectivity index (χ4v) is 3.01. The van der Waals surface area contributed by atoms with E-state index in [1.807, 2.05) is 0 Å². The van der Waals surface area contributed by atoms with E-state index in [0.717, 1.165) is 0 Å². The molecule has 7 heteroatoms. The van der Waals surface area contributed by atoms with Gasteiger partial charge in [0.15, 0.2) is 5.54 Å². The number of carbonyl (C=O) groups excluding carboxylic acids is 2. The van der Waals surface area contributed by atoms with E-state index in [0.29, 0.717) is 10.7 Å². The number of carbonyl (C=O) groups is 2. The number of halogens is 3. The zero-order chi connectivity index (χ0) is 17.3. The highest BCUT2D eigenvalue weighted by atomic mass is 35.5. The summed E-state index contributed by atoms with van der Waals surface area (Å²) < 4.78 is 0. The molecule has 0 saturated carbocycles. The number of pyridine rings is 1. The Bertz CT molecular complexity index is 877. The molecule has 1 unspecified atom stereocenters. The van der Waals surface area contributed by atoms with E-state index in [9.17, 15) is 9.59 Å². The van der Waals surface area contributed by atoms with Gasteiger partial charge in [0.25, 0.3) is 5.24 Å². The third-order valence-electron chi connectivity index (χ3n) is 3.60. The minimum atomic E-state index is -1.33. The van der Waals surface area contributed by atoms with Crippen LogP contribution in [0.3, 0.4) is 0 Å². The summed E-state index contributed by atoms with van der Waals surface area (Å²) in [5, 5.41) is 0.0368. The van der Waals surface area contributed by atoms with Crippen molar-refractivity contribution >= 4 is 52.0 Å². The first-order valence-corrected chi connectivity index (χ1v) is 7.97. The summed E-state index contributed by atoms with van der Waals surface area (Å²) in [7, 11) is 0. The van der Waals surface area contributed by atoms with Crippen LogP contribution in [0.25, 0.3) is 0 Å². The van der Waals surface area contributed by atoms with Gasteiger partial charge in [-0.15, -0.1) is 0 Å². The second kappa shape index (κ2) is 6.48. The van der Waals surface area contributed by atoms with Gasteiger partial charge in [-0.3, -0.25) is 19.6 Å². The molecule has 1 atom stereocenters. The van der Waals surface area contributed by atoms with Crippen molar-refractivity contribution < 1.29 is 9.59 Å². The van der Waals surface area contributed by atoms with Crippen molar-refractivity contribution in [1.29, 1.82) is 0 Å². The molecular formula is C17H9Cl3N2O2. The molecule has 3 rings (SSSR count). The first-order valence-electron chi connectivity index (χ1n) is 6.83. The number of ketones is 1. The molecule has 1 aromatic heterocycles. The lowest BCUT2D eigenvalue weighted by Gasteiger charge is -2.23. The molecule has 0 spiro atoms. The van der Waals surface area contributed by atoms with Crippen LogP contribution < -0.4 is 0 Å². The number of nitrogens with zero attached hydrogens (tertiary/aromatic N) is 2. The molecule has 2 aromatic rings. The van der Waals surface area contributed by atoms with Crippen LogP contribution in [-0.4, -0.2) is 22.2 Å². The first-order chi connectivity index (χ1) is 11.4. The van der Waals surface area contributed by atoms with Crippen molar-refractivity contribution in [2.75, 3.05) is 0 Å². The van der Waals surface area contributed by atoms with Crippen molar-refractivity contribution in [2.45, 2.75) is 5.54 Å². The van der Waals surface area contributed by atoms with Gasteiger partial charge in [-0.25, -0.2) is 0 Å². The Kier molecular flexibility index (Phi) is 4.54. The lowest BCUT2D eigenvalue weighted by molar-refractivity contribution is 0.0921. The summed E-state index contributed by atoms with van der Waals surface area (Å²) in [4.78, 5) is 32.8. The second-order valence-corrected chi connectivity index (χ2v) is 6.25. The van der Waals surface area contributed by atoms with Gasteiger partial charge in [0.05, 0.1) is 16.3 Å². The van der Waals surface area contributed by atoms with E-state index in [-0.39, 0.29) is 21.9 Å². The summed E-state index contributed by atoms with van der Waals surface area (Å²) in [5.74, 6) is -0.341. The van der Waals surface area contributed by atoms with E-state index in [1.54, 1.807) is 30.4 Å². The smallest absolute Gasteiger partial charge is 0.253 e. The Balaban J connectivity index is 2.09. The third-order valence-corrected chi connectivity index (χ3v) is 4.37. The number of hydrogen-bond acceptors (Lipinski definition) is 4. The molecule has 24 heavy (non-hydrogen) atoms. The van der Waals surface area contributed by atoms with Crippen LogP contribution in [0.15, 0.2) is 53.7 Å². The Morgan fingerprint density at radius 2 is 1.88 bits per heavy atom. The molecule has 120 valence electrons. The molecule has 0 N–H and O–H groups in total. The van der Waals surface area contributed by atoms with Crippen LogP contribution in [0, 0.1) is 0 Å². The van der Waals surface area contributed by atoms with E-state index in [1.165, 1.54) is 24.5 Å². The molecule has 0 fully saturated rings. The number of benzene rings is 1. The molecule has 0 bridgehead atoms. The average molecular weight is 380 g/mol. The summed E-state index contributed by atoms with van der Waals surface area (Å²) in [6.07, 6.45) is 6.11. The number of aromatic nitrogens is 1. The highest BCUT2D eigenvalue weighted by molar-refractivity contribution is 6.67. The van der Waals surface area contributed by atoms with Gasteiger partial charge in [-0.2, -0.15) is 0 Å². The van der Waals surface area contributed by atoms with Crippen molar-refractivity contribution in [3.05, 3.63) is 75.5 Å².